The number of unbranched alkanes of at least 4 members (excludes halogenated alkanes) is 4. The molecule has 0 radical (unpaired) electrons. The molecule has 130 valence electrons. The maximum absolute atomic E-state index is 12.2. The summed E-state index contributed by atoms with van der Waals surface area (Å²) in [4.78, 5) is 16.4. The van der Waals surface area contributed by atoms with E-state index in [2.05, 4.69) is 11.8 Å². The average molecular weight is 333 g/mol. The largest absolute Gasteiger partial charge is 0.444 e. The first kappa shape index (κ1) is 19.6. The normalized spacial score (nSPS) is 20.2. The molecule has 4 nitrogen and oxygen atoms in total. The highest BCUT2D eigenvalue weighted by molar-refractivity contribution is 6.18. The number of amides is 1. The number of alkyl halides is 1. The van der Waals surface area contributed by atoms with Crippen molar-refractivity contribution in [2.75, 3.05) is 32.1 Å². The summed E-state index contributed by atoms with van der Waals surface area (Å²) in [5, 5.41) is 0. The van der Waals surface area contributed by atoms with Crippen molar-refractivity contribution in [3.05, 3.63) is 0 Å². The van der Waals surface area contributed by atoms with E-state index >= 15 is 0 Å². The van der Waals surface area contributed by atoms with Crippen LogP contribution in [0.3, 0.4) is 0 Å². The minimum atomic E-state index is -0.441. The Morgan fingerprint density at radius 1 is 1.18 bits per heavy atom. The van der Waals surface area contributed by atoms with Gasteiger partial charge >= 0.3 is 6.09 Å². The number of ether oxygens (including phenoxy) is 1. The molecule has 0 bridgehead atoms. The topological polar surface area (TPSA) is 32.8 Å². The highest BCUT2D eigenvalue weighted by Gasteiger charge is 2.31. The first-order chi connectivity index (χ1) is 10.4. The van der Waals surface area contributed by atoms with Crippen LogP contribution in [0.5, 0.6) is 0 Å². The van der Waals surface area contributed by atoms with Crippen molar-refractivity contribution >= 4 is 17.7 Å². The summed E-state index contributed by atoms with van der Waals surface area (Å²) in [7, 11) is 0. The number of halogens is 1. The molecule has 0 aromatic rings. The maximum Gasteiger partial charge on any atom is 0.410 e. The fourth-order valence-electron chi connectivity index (χ4n) is 2.74. The number of piperazine rings is 1. The van der Waals surface area contributed by atoms with Gasteiger partial charge < -0.3 is 9.64 Å². The van der Waals surface area contributed by atoms with Gasteiger partial charge in [-0.05, 0) is 33.7 Å². The third-order valence-electron chi connectivity index (χ3n) is 3.98. The van der Waals surface area contributed by atoms with E-state index in [1.165, 1.54) is 32.1 Å². The zero-order valence-corrected chi connectivity index (χ0v) is 15.5. The lowest BCUT2D eigenvalue weighted by Gasteiger charge is -2.41. The van der Waals surface area contributed by atoms with Crippen LogP contribution in [-0.4, -0.2) is 59.6 Å². The van der Waals surface area contributed by atoms with Crippen LogP contribution in [-0.2, 0) is 4.74 Å². The van der Waals surface area contributed by atoms with Gasteiger partial charge in [0.2, 0.25) is 0 Å². The molecular formula is C17H33ClN2O2. The molecule has 5 heteroatoms. The fraction of sp³-hybridized carbons (Fsp3) is 0.941. The first-order valence-corrected chi connectivity index (χ1v) is 9.18. The van der Waals surface area contributed by atoms with Crippen molar-refractivity contribution in [1.82, 2.24) is 9.80 Å². The molecule has 1 saturated heterocycles. The molecule has 22 heavy (non-hydrogen) atoms. The Balaban J connectivity index is 2.38. The van der Waals surface area contributed by atoms with E-state index in [0.717, 1.165) is 19.6 Å². The summed E-state index contributed by atoms with van der Waals surface area (Å²) >= 11 is 6.12. The minimum absolute atomic E-state index is 0.217. The number of nitrogens with zero attached hydrogens (tertiary/aromatic N) is 2. The van der Waals surface area contributed by atoms with Gasteiger partial charge in [-0.3, -0.25) is 4.90 Å². The molecule has 1 atom stereocenters. The van der Waals surface area contributed by atoms with Gasteiger partial charge in [-0.15, -0.1) is 11.6 Å². The molecule has 1 rings (SSSR count). The Morgan fingerprint density at radius 2 is 1.86 bits per heavy atom. The number of rotatable bonds is 7. The van der Waals surface area contributed by atoms with Crippen molar-refractivity contribution in [3.8, 4) is 0 Å². The summed E-state index contributed by atoms with van der Waals surface area (Å²) in [6, 6.07) is 0.245. The third-order valence-corrected chi connectivity index (χ3v) is 4.34. The van der Waals surface area contributed by atoms with E-state index in [-0.39, 0.29) is 12.1 Å². The van der Waals surface area contributed by atoms with E-state index in [1.807, 2.05) is 20.8 Å². The Labute approximate surface area is 141 Å². The Hall–Kier alpha value is -0.480. The monoisotopic (exact) mass is 332 g/mol. The van der Waals surface area contributed by atoms with Gasteiger partial charge in [-0.1, -0.05) is 32.6 Å². The van der Waals surface area contributed by atoms with E-state index in [1.54, 1.807) is 4.90 Å². The molecule has 1 amide bonds. The quantitative estimate of drug-likeness (QED) is 0.519. The molecule has 1 aliphatic rings. The lowest BCUT2D eigenvalue weighted by Crippen LogP contribution is -2.56. The van der Waals surface area contributed by atoms with Crippen LogP contribution in [0.2, 0.25) is 0 Å². The predicted molar refractivity (Wildman–Crippen MR) is 92.6 cm³/mol. The highest BCUT2D eigenvalue weighted by atomic mass is 35.5. The minimum Gasteiger partial charge on any atom is -0.444 e. The van der Waals surface area contributed by atoms with Crippen LogP contribution in [0.4, 0.5) is 4.79 Å². The number of hydrogen-bond donors (Lipinski definition) is 0. The molecule has 1 fully saturated rings. The highest BCUT2D eigenvalue weighted by Crippen LogP contribution is 2.17. The molecule has 0 aromatic carbocycles. The van der Waals surface area contributed by atoms with Gasteiger partial charge in [0.1, 0.15) is 5.60 Å². The van der Waals surface area contributed by atoms with Crippen LogP contribution in [0.15, 0.2) is 0 Å². The van der Waals surface area contributed by atoms with E-state index in [4.69, 9.17) is 16.3 Å². The zero-order valence-electron chi connectivity index (χ0n) is 14.7. The Bertz CT molecular complexity index is 331. The number of carbonyl (C=O) groups is 1. The molecule has 1 aliphatic heterocycles. The van der Waals surface area contributed by atoms with Crippen molar-refractivity contribution in [3.63, 3.8) is 0 Å². The van der Waals surface area contributed by atoms with Gasteiger partial charge in [0, 0.05) is 31.6 Å². The lowest BCUT2D eigenvalue weighted by atomic mass is 10.1. The smallest absolute Gasteiger partial charge is 0.410 e. The fourth-order valence-corrected chi connectivity index (χ4v) is 3.04. The van der Waals surface area contributed by atoms with E-state index in [9.17, 15) is 4.79 Å². The molecule has 0 saturated carbocycles. The van der Waals surface area contributed by atoms with E-state index in [0.29, 0.717) is 12.4 Å². The predicted octanol–water partition coefficient (Wildman–Crippen LogP) is 4.12. The van der Waals surface area contributed by atoms with E-state index < -0.39 is 5.60 Å². The first-order valence-electron chi connectivity index (χ1n) is 8.65. The molecule has 0 unspecified atom stereocenters. The molecule has 0 spiro atoms. The summed E-state index contributed by atoms with van der Waals surface area (Å²) in [6.07, 6.45) is 6.21. The van der Waals surface area contributed by atoms with Crippen molar-refractivity contribution in [2.24, 2.45) is 0 Å². The van der Waals surface area contributed by atoms with Crippen molar-refractivity contribution in [1.29, 1.82) is 0 Å². The lowest BCUT2D eigenvalue weighted by molar-refractivity contribution is 0.00601. The van der Waals surface area contributed by atoms with Crippen LogP contribution in [0, 0.1) is 0 Å². The SMILES string of the molecule is CCCCCCCN1CCN(C(=O)OC(C)(C)C)C[C@@H]1CCl. The second kappa shape index (κ2) is 9.61. The van der Waals surface area contributed by atoms with Crippen molar-refractivity contribution < 1.29 is 9.53 Å². The second-order valence-electron chi connectivity index (χ2n) is 7.18. The zero-order chi connectivity index (χ0) is 16.6. The third kappa shape index (κ3) is 7.19. The van der Waals surface area contributed by atoms with Crippen LogP contribution in [0.25, 0.3) is 0 Å². The molecule has 0 aromatic heterocycles. The number of carbonyl (C=O) groups excluding carboxylic acids is 1. The van der Waals surface area contributed by atoms with Crippen LogP contribution in [0.1, 0.15) is 59.8 Å². The summed E-state index contributed by atoms with van der Waals surface area (Å²) < 4.78 is 5.46. The molecule has 0 N–H and O–H groups in total. The van der Waals surface area contributed by atoms with Crippen LogP contribution >= 0.6 is 11.6 Å². The van der Waals surface area contributed by atoms with Gasteiger partial charge in [-0.2, -0.15) is 0 Å². The average Bonchev–Trinajstić information content (AvgIpc) is 2.45. The van der Waals surface area contributed by atoms with Gasteiger partial charge in [0.25, 0.3) is 0 Å². The summed E-state index contributed by atoms with van der Waals surface area (Å²) in [5.41, 5.74) is -0.441. The maximum atomic E-state index is 12.2. The second-order valence-corrected chi connectivity index (χ2v) is 7.49. The van der Waals surface area contributed by atoms with Crippen LogP contribution < -0.4 is 0 Å². The molecule has 1 heterocycles. The molecular weight excluding hydrogens is 300 g/mol. The van der Waals surface area contributed by atoms with Gasteiger partial charge in [0.15, 0.2) is 0 Å². The molecule has 0 aliphatic carbocycles. The van der Waals surface area contributed by atoms with Gasteiger partial charge in [0.05, 0.1) is 0 Å². The standard InChI is InChI=1S/C17H33ClN2O2/c1-5-6-7-8-9-10-19-11-12-20(14-15(19)13-18)16(21)22-17(2,3)4/h15H,5-14H2,1-4H3/t15-/m0/s1. The Morgan fingerprint density at radius 3 is 2.45 bits per heavy atom. The number of hydrogen-bond acceptors (Lipinski definition) is 3. The Kier molecular flexibility index (Phi) is 8.55. The summed E-state index contributed by atoms with van der Waals surface area (Å²) in [5.74, 6) is 0.564. The summed E-state index contributed by atoms with van der Waals surface area (Å²) in [6.45, 7) is 11.3. The van der Waals surface area contributed by atoms with Crippen molar-refractivity contribution in [2.45, 2.75) is 71.4 Å². The van der Waals surface area contributed by atoms with Gasteiger partial charge in [-0.25, -0.2) is 4.79 Å².